The first-order valence-electron chi connectivity index (χ1n) is 7.40. The lowest BCUT2D eigenvalue weighted by molar-refractivity contribution is -0.119. The zero-order chi connectivity index (χ0) is 18.5. The van der Waals surface area contributed by atoms with E-state index in [1.807, 2.05) is 0 Å². The zero-order valence-electron chi connectivity index (χ0n) is 13.2. The smallest absolute Gasteiger partial charge is 0.341 e. The monoisotopic (exact) mass is 374 g/mol. The van der Waals surface area contributed by atoms with Gasteiger partial charge in [-0.05, 0) is 30.3 Å². The molecule has 0 atom stereocenters. The van der Waals surface area contributed by atoms with Crippen LogP contribution in [-0.4, -0.2) is 33.2 Å². The number of nitrogens with one attached hydrogen (secondary N) is 1. The van der Waals surface area contributed by atoms with Crippen LogP contribution in [-0.2, 0) is 9.53 Å². The Morgan fingerprint density at radius 3 is 2.77 bits per heavy atom. The number of anilines is 1. The second-order valence-electron chi connectivity index (χ2n) is 5.11. The van der Waals surface area contributed by atoms with Crippen LogP contribution in [0.3, 0.4) is 0 Å². The van der Waals surface area contributed by atoms with Gasteiger partial charge in [0.1, 0.15) is 18.5 Å². The second-order valence-corrected chi connectivity index (χ2v) is 5.54. The highest BCUT2D eigenvalue weighted by Crippen LogP contribution is 2.23. The third kappa shape index (κ3) is 4.04. The fraction of sp³-hybridized carbons (Fsp3) is 0.0588. The maximum Gasteiger partial charge on any atom is 0.341 e. The number of carbonyl (C=O) groups is 2. The van der Waals surface area contributed by atoms with Crippen LogP contribution in [0.4, 0.5) is 10.1 Å². The SMILES string of the molecule is O=C(COC(=O)c1ccccc1F)Nc1cc(Cl)ccc1-n1cncn1. The summed E-state index contributed by atoms with van der Waals surface area (Å²) in [6.07, 6.45) is 2.80. The van der Waals surface area contributed by atoms with E-state index < -0.39 is 24.3 Å². The Hall–Kier alpha value is -3.26. The van der Waals surface area contributed by atoms with Gasteiger partial charge in [0.15, 0.2) is 6.61 Å². The minimum atomic E-state index is -0.930. The van der Waals surface area contributed by atoms with Gasteiger partial charge in [-0.15, -0.1) is 0 Å². The molecule has 0 radical (unpaired) electrons. The van der Waals surface area contributed by atoms with Gasteiger partial charge < -0.3 is 10.1 Å². The first-order chi connectivity index (χ1) is 12.5. The molecule has 0 saturated heterocycles. The standard InChI is InChI=1S/C17H12ClFN4O3/c18-11-5-6-15(23-10-20-9-21-23)14(7-11)22-16(24)8-26-17(25)12-3-1-2-4-13(12)19/h1-7,9-10H,8H2,(H,22,24). The van der Waals surface area contributed by atoms with E-state index in [4.69, 9.17) is 16.3 Å². The summed E-state index contributed by atoms with van der Waals surface area (Å²) in [5.41, 5.74) is 0.641. The number of esters is 1. The summed E-state index contributed by atoms with van der Waals surface area (Å²) in [6, 6.07) is 10.2. The highest BCUT2D eigenvalue weighted by atomic mass is 35.5. The van der Waals surface area contributed by atoms with Crippen molar-refractivity contribution in [1.29, 1.82) is 0 Å². The maximum atomic E-state index is 13.5. The molecule has 26 heavy (non-hydrogen) atoms. The minimum absolute atomic E-state index is 0.244. The number of nitrogens with zero attached hydrogens (tertiary/aromatic N) is 3. The molecular formula is C17H12ClFN4O3. The van der Waals surface area contributed by atoms with Gasteiger partial charge in [-0.2, -0.15) is 5.10 Å². The summed E-state index contributed by atoms with van der Waals surface area (Å²) in [5.74, 6) is -2.26. The lowest BCUT2D eigenvalue weighted by Crippen LogP contribution is -2.22. The van der Waals surface area contributed by atoms with E-state index in [1.54, 1.807) is 12.1 Å². The number of benzene rings is 2. The number of amides is 1. The average molecular weight is 375 g/mol. The van der Waals surface area contributed by atoms with Crippen LogP contribution in [0.1, 0.15) is 10.4 Å². The van der Waals surface area contributed by atoms with E-state index >= 15 is 0 Å². The molecule has 1 aromatic heterocycles. The van der Waals surface area contributed by atoms with Gasteiger partial charge in [0, 0.05) is 5.02 Å². The molecule has 0 aliphatic rings. The van der Waals surface area contributed by atoms with Gasteiger partial charge in [-0.3, -0.25) is 4.79 Å². The van der Waals surface area contributed by atoms with Crippen molar-refractivity contribution >= 4 is 29.2 Å². The molecule has 0 bridgehead atoms. The fourth-order valence-corrected chi connectivity index (χ4v) is 2.33. The molecule has 0 unspecified atom stereocenters. The molecule has 2 aromatic carbocycles. The molecule has 1 heterocycles. The van der Waals surface area contributed by atoms with Crippen LogP contribution in [0.25, 0.3) is 5.69 Å². The molecule has 9 heteroatoms. The number of aromatic nitrogens is 3. The molecular weight excluding hydrogens is 363 g/mol. The van der Waals surface area contributed by atoms with Crippen molar-refractivity contribution in [3.8, 4) is 5.69 Å². The summed E-state index contributed by atoms with van der Waals surface area (Å²) < 4.78 is 19.8. The number of hydrogen-bond donors (Lipinski definition) is 1. The largest absolute Gasteiger partial charge is 0.452 e. The number of hydrogen-bond acceptors (Lipinski definition) is 5. The summed E-state index contributed by atoms with van der Waals surface area (Å²) in [4.78, 5) is 27.8. The Labute approximate surface area is 152 Å². The van der Waals surface area contributed by atoms with Crippen molar-refractivity contribution in [2.45, 2.75) is 0 Å². The van der Waals surface area contributed by atoms with E-state index in [0.29, 0.717) is 16.4 Å². The quantitative estimate of drug-likeness (QED) is 0.694. The van der Waals surface area contributed by atoms with Gasteiger partial charge in [-0.1, -0.05) is 23.7 Å². The predicted octanol–water partition coefficient (Wildman–Crippen LogP) is 2.86. The predicted molar refractivity (Wildman–Crippen MR) is 91.7 cm³/mol. The summed E-state index contributed by atoms with van der Waals surface area (Å²) in [6.45, 7) is -0.587. The van der Waals surface area contributed by atoms with E-state index in [0.717, 1.165) is 6.07 Å². The van der Waals surface area contributed by atoms with Gasteiger partial charge in [-0.25, -0.2) is 18.9 Å². The third-order valence-corrected chi connectivity index (χ3v) is 3.56. The summed E-state index contributed by atoms with van der Waals surface area (Å²) >= 11 is 5.96. The van der Waals surface area contributed by atoms with Crippen LogP contribution in [0.15, 0.2) is 55.1 Å². The van der Waals surface area contributed by atoms with Crippen LogP contribution in [0.2, 0.25) is 5.02 Å². The molecule has 7 nitrogen and oxygen atoms in total. The minimum Gasteiger partial charge on any atom is -0.452 e. The van der Waals surface area contributed by atoms with E-state index in [9.17, 15) is 14.0 Å². The fourth-order valence-electron chi connectivity index (χ4n) is 2.16. The summed E-state index contributed by atoms with van der Waals surface area (Å²) in [5, 5.41) is 6.97. The van der Waals surface area contributed by atoms with Gasteiger partial charge >= 0.3 is 5.97 Å². The van der Waals surface area contributed by atoms with E-state index in [2.05, 4.69) is 15.4 Å². The maximum absolute atomic E-state index is 13.5. The molecule has 3 rings (SSSR count). The van der Waals surface area contributed by atoms with Crippen LogP contribution < -0.4 is 5.32 Å². The molecule has 3 aromatic rings. The van der Waals surface area contributed by atoms with Crippen LogP contribution in [0.5, 0.6) is 0 Å². The highest BCUT2D eigenvalue weighted by molar-refractivity contribution is 6.31. The Morgan fingerprint density at radius 1 is 1.23 bits per heavy atom. The van der Waals surface area contributed by atoms with Crippen molar-refractivity contribution in [3.05, 3.63) is 71.5 Å². The van der Waals surface area contributed by atoms with Crippen LogP contribution >= 0.6 is 11.6 Å². The molecule has 1 N–H and O–H groups in total. The molecule has 132 valence electrons. The lowest BCUT2D eigenvalue weighted by atomic mass is 10.2. The number of rotatable bonds is 5. The Bertz CT molecular complexity index is 947. The molecule has 0 spiro atoms. The van der Waals surface area contributed by atoms with E-state index in [1.165, 1.54) is 41.6 Å². The van der Waals surface area contributed by atoms with Gasteiger partial charge in [0.2, 0.25) is 0 Å². The normalized spacial score (nSPS) is 10.4. The highest BCUT2D eigenvalue weighted by Gasteiger charge is 2.15. The summed E-state index contributed by atoms with van der Waals surface area (Å²) in [7, 11) is 0. The third-order valence-electron chi connectivity index (χ3n) is 3.33. The van der Waals surface area contributed by atoms with Crippen molar-refractivity contribution in [2.24, 2.45) is 0 Å². The first-order valence-corrected chi connectivity index (χ1v) is 7.78. The van der Waals surface area contributed by atoms with Crippen molar-refractivity contribution < 1.29 is 18.7 Å². The number of ether oxygens (including phenoxy) is 1. The number of carbonyl (C=O) groups excluding carboxylic acids is 2. The second kappa shape index (κ2) is 7.75. The Kier molecular flexibility index (Phi) is 5.23. The molecule has 0 fully saturated rings. The van der Waals surface area contributed by atoms with Crippen molar-refractivity contribution in [1.82, 2.24) is 14.8 Å². The van der Waals surface area contributed by atoms with Crippen molar-refractivity contribution in [3.63, 3.8) is 0 Å². The Balaban J connectivity index is 1.68. The first kappa shape index (κ1) is 17.6. The van der Waals surface area contributed by atoms with Crippen molar-refractivity contribution in [2.75, 3.05) is 11.9 Å². The van der Waals surface area contributed by atoms with E-state index in [-0.39, 0.29) is 5.56 Å². The molecule has 0 saturated carbocycles. The lowest BCUT2D eigenvalue weighted by Gasteiger charge is -2.11. The van der Waals surface area contributed by atoms with Crippen LogP contribution in [0, 0.1) is 5.82 Å². The topological polar surface area (TPSA) is 86.1 Å². The van der Waals surface area contributed by atoms with Gasteiger partial charge in [0.05, 0.1) is 16.9 Å². The molecule has 0 aliphatic heterocycles. The Morgan fingerprint density at radius 2 is 2.04 bits per heavy atom. The number of halogens is 2. The molecule has 0 aliphatic carbocycles. The zero-order valence-corrected chi connectivity index (χ0v) is 14.0. The van der Waals surface area contributed by atoms with Gasteiger partial charge in [0.25, 0.3) is 5.91 Å². The average Bonchev–Trinajstić information content (AvgIpc) is 3.14. The molecule has 1 amide bonds.